The van der Waals surface area contributed by atoms with E-state index in [2.05, 4.69) is 15.9 Å². The van der Waals surface area contributed by atoms with Crippen LogP contribution >= 0.6 is 39.1 Å². The number of alkyl halides is 1. The number of halogens is 3. The second-order valence-electron chi connectivity index (χ2n) is 3.80. The fourth-order valence-electron chi connectivity index (χ4n) is 1.56. The third-order valence-corrected chi connectivity index (χ3v) is 3.67. The quantitative estimate of drug-likeness (QED) is 0.471. The molecule has 0 N–H and O–H groups in total. The zero-order valence-electron chi connectivity index (χ0n) is 8.53. The van der Waals surface area contributed by atoms with E-state index in [-0.39, 0.29) is 22.9 Å². The van der Waals surface area contributed by atoms with Gasteiger partial charge in [-0.3, -0.25) is 10.1 Å². The molecular formula is C10H8BrCl2NO3. The highest BCUT2D eigenvalue weighted by atomic mass is 79.9. The van der Waals surface area contributed by atoms with E-state index in [4.69, 9.17) is 27.9 Å². The predicted molar refractivity (Wildman–Crippen MR) is 69.1 cm³/mol. The molecule has 1 aliphatic rings. The molecule has 0 bridgehead atoms. The van der Waals surface area contributed by atoms with Gasteiger partial charge in [0.25, 0.3) is 0 Å². The Bertz CT molecular complexity index is 463. The monoisotopic (exact) mass is 339 g/mol. The Balaban J connectivity index is 2.28. The number of hydrogen-bond acceptors (Lipinski definition) is 3. The van der Waals surface area contributed by atoms with Crippen LogP contribution in [0.15, 0.2) is 16.6 Å². The first-order valence-electron chi connectivity index (χ1n) is 4.91. The Hall–Kier alpha value is -0.520. The van der Waals surface area contributed by atoms with Crippen LogP contribution in [0.3, 0.4) is 0 Å². The van der Waals surface area contributed by atoms with Gasteiger partial charge >= 0.3 is 5.69 Å². The first-order valence-corrected chi connectivity index (χ1v) is 6.52. The van der Waals surface area contributed by atoms with Crippen molar-refractivity contribution in [2.24, 2.45) is 0 Å². The number of nitro benzene ring substituents is 1. The summed E-state index contributed by atoms with van der Waals surface area (Å²) >= 11 is 14.8. The summed E-state index contributed by atoms with van der Waals surface area (Å²) < 4.78 is 6.05. The van der Waals surface area contributed by atoms with Gasteiger partial charge in [-0.25, -0.2) is 0 Å². The molecule has 0 spiro atoms. The van der Waals surface area contributed by atoms with E-state index in [0.717, 1.165) is 0 Å². The van der Waals surface area contributed by atoms with Crippen molar-refractivity contribution in [1.29, 1.82) is 0 Å². The average Bonchev–Trinajstić information content (AvgIpc) is 2.18. The molecule has 7 heteroatoms. The van der Waals surface area contributed by atoms with Gasteiger partial charge in [0.2, 0.25) is 5.75 Å². The van der Waals surface area contributed by atoms with Gasteiger partial charge in [-0.1, -0.05) is 11.6 Å². The van der Waals surface area contributed by atoms with Crippen LogP contribution in [0, 0.1) is 10.1 Å². The lowest BCUT2D eigenvalue weighted by Crippen LogP contribution is -2.34. The highest BCUT2D eigenvalue weighted by Crippen LogP contribution is 2.41. The Morgan fingerprint density at radius 1 is 1.47 bits per heavy atom. The average molecular weight is 341 g/mol. The molecule has 2 rings (SSSR count). The van der Waals surface area contributed by atoms with E-state index in [0.29, 0.717) is 22.3 Å². The molecule has 0 atom stereocenters. The minimum absolute atomic E-state index is 0.0614. The zero-order valence-corrected chi connectivity index (χ0v) is 11.6. The molecule has 17 heavy (non-hydrogen) atoms. The molecule has 0 aromatic heterocycles. The first-order chi connectivity index (χ1) is 7.97. The summed E-state index contributed by atoms with van der Waals surface area (Å²) in [6, 6.07) is 2.85. The Morgan fingerprint density at radius 2 is 2.12 bits per heavy atom. The van der Waals surface area contributed by atoms with Crippen molar-refractivity contribution < 1.29 is 9.66 Å². The summed E-state index contributed by atoms with van der Waals surface area (Å²) in [7, 11) is 0. The summed E-state index contributed by atoms with van der Waals surface area (Å²) in [6.45, 7) is 0. The molecule has 0 unspecified atom stereocenters. The van der Waals surface area contributed by atoms with Crippen LogP contribution in [0.4, 0.5) is 5.69 Å². The van der Waals surface area contributed by atoms with Crippen molar-refractivity contribution >= 4 is 44.8 Å². The summed E-state index contributed by atoms with van der Waals surface area (Å²) in [6.07, 6.45) is 1.34. The van der Waals surface area contributed by atoms with Gasteiger partial charge in [0.15, 0.2) is 0 Å². The van der Waals surface area contributed by atoms with Crippen molar-refractivity contribution in [3.63, 3.8) is 0 Å². The van der Waals surface area contributed by atoms with Crippen molar-refractivity contribution in [2.45, 2.75) is 24.3 Å². The molecule has 4 nitrogen and oxygen atoms in total. The predicted octanol–water partition coefficient (Wildman–Crippen LogP) is 4.16. The number of nitro groups is 1. The van der Waals surface area contributed by atoms with Crippen molar-refractivity contribution in [3.8, 4) is 5.75 Å². The van der Waals surface area contributed by atoms with Gasteiger partial charge in [0, 0.05) is 29.3 Å². The Labute approximate surface area is 116 Å². The maximum atomic E-state index is 10.9. The number of rotatable bonds is 3. The fraction of sp³-hybridized carbons (Fsp3) is 0.400. The first kappa shape index (κ1) is 12.9. The summed E-state index contributed by atoms with van der Waals surface area (Å²) in [5.41, 5.74) is -0.137. The van der Waals surface area contributed by atoms with E-state index >= 15 is 0 Å². The molecule has 92 valence electrons. The van der Waals surface area contributed by atoms with Crippen LogP contribution in [-0.2, 0) is 0 Å². The summed E-state index contributed by atoms with van der Waals surface area (Å²) in [4.78, 5) is 10.4. The van der Waals surface area contributed by atoms with E-state index < -0.39 is 4.92 Å². The molecule has 1 saturated carbocycles. The molecule has 1 aromatic carbocycles. The minimum Gasteiger partial charge on any atom is -0.483 e. The fourth-order valence-corrected chi connectivity index (χ4v) is 2.85. The van der Waals surface area contributed by atoms with Gasteiger partial charge < -0.3 is 4.74 Å². The van der Waals surface area contributed by atoms with Gasteiger partial charge in [0.05, 0.1) is 9.40 Å². The third-order valence-electron chi connectivity index (χ3n) is 2.51. The smallest absolute Gasteiger partial charge is 0.313 e. The zero-order chi connectivity index (χ0) is 12.6. The van der Waals surface area contributed by atoms with E-state index in [1.165, 1.54) is 6.07 Å². The highest BCUT2D eigenvalue weighted by Gasteiger charge is 2.32. The molecule has 0 saturated heterocycles. The van der Waals surface area contributed by atoms with Crippen LogP contribution in [-0.4, -0.2) is 16.4 Å². The van der Waals surface area contributed by atoms with Crippen LogP contribution in [0.25, 0.3) is 0 Å². The van der Waals surface area contributed by atoms with Gasteiger partial charge in [-0.15, -0.1) is 11.6 Å². The highest BCUT2D eigenvalue weighted by molar-refractivity contribution is 9.10. The standard InChI is InChI=1S/C10H8BrCl2NO3/c11-8-3-6(13)4-9(14(15)16)10(8)17-7-1-5(12)2-7/h3-5,7H,1-2H2. The minimum atomic E-state index is -0.511. The van der Waals surface area contributed by atoms with Crippen molar-refractivity contribution in [3.05, 3.63) is 31.7 Å². The van der Waals surface area contributed by atoms with Crippen LogP contribution in [0.1, 0.15) is 12.8 Å². The van der Waals surface area contributed by atoms with Crippen LogP contribution in [0.5, 0.6) is 5.75 Å². The van der Waals surface area contributed by atoms with Crippen LogP contribution in [0.2, 0.25) is 5.02 Å². The van der Waals surface area contributed by atoms with E-state index in [1.54, 1.807) is 6.07 Å². The van der Waals surface area contributed by atoms with E-state index in [9.17, 15) is 10.1 Å². The molecule has 0 radical (unpaired) electrons. The summed E-state index contributed by atoms with van der Waals surface area (Å²) in [5, 5.41) is 11.3. The normalized spacial score (nSPS) is 23.0. The molecule has 1 aliphatic carbocycles. The lowest BCUT2D eigenvalue weighted by atomic mass is 9.95. The SMILES string of the molecule is O=[N+]([O-])c1cc(Cl)cc(Br)c1OC1CC(Cl)C1. The van der Waals surface area contributed by atoms with Crippen molar-refractivity contribution in [2.75, 3.05) is 0 Å². The van der Waals surface area contributed by atoms with E-state index in [1.807, 2.05) is 0 Å². The maximum absolute atomic E-state index is 10.9. The molecular weight excluding hydrogens is 333 g/mol. The van der Waals surface area contributed by atoms with Crippen LogP contribution < -0.4 is 4.74 Å². The topological polar surface area (TPSA) is 52.4 Å². The second-order valence-corrected chi connectivity index (χ2v) is 5.71. The maximum Gasteiger partial charge on any atom is 0.313 e. The number of hydrogen-bond donors (Lipinski definition) is 0. The molecule has 0 aliphatic heterocycles. The molecule has 0 heterocycles. The van der Waals surface area contributed by atoms with Crippen molar-refractivity contribution in [1.82, 2.24) is 0 Å². The van der Waals surface area contributed by atoms with Gasteiger partial charge in [-0.05, 0) is 22.0 Å². The molecule has 1 aromatic rings. The number of ether oxygens (including phenoxy) is 1. The third kappa shape index (κ3) is 2.84. The number of benzene rings is 1. The molecule has 1 fully saturated rings. The second kappa shape index (κ2) is 5.00. The Kier molecular flexibility index (Phi) is 3.80. The summed E-state index contributed by atoms with van der Waals surface area (Å²) in [5.74, 6) is 0.216. The number of nitrogens with zero attached hydrogens (tertiary/aromatic N) is 1. The molecule has 0 amide bonds. The lowest BCUT2D eigenvalue weighted by molar-refractivity contribution is -0.386. The Morgan fingerprint density at radius 3 is 2.65 bits per heavy atom. The largest absolute Gasteiger partial charge is 0.483 e. The van der Waals surface area contributed by atoms with Gasteiger partial charge in [-0.2, -0.15) is 0 Å². The van der Waals surface area contributed by atoms with Gasteiger partial charge in [0.1, 0.15) is 6.10 Å². The lowest BCUT2D eigenvalue weighted by Gasteiger charge is -2.31.